The van der Waals surface area contributed by atoms with Gasteiger partial charge in [0.05, 0.1) is 0 Å². The summed E-state index contributed by atoms with van der Waals surface area (Å²) in [4.78, 5) is 16.4. The van der Waals surface area contributed by atoms with Crippen LogP contribution in [0.1, 0.15) is 38.5 Å². The number of likely N-dealkylation sites (tertiary alicyclic amines) is 2. The largest absolute Gasteiger partial charge is 0.325 e. The van der Waals surface area contributed by atoms with Gasteiger partial charge in [-0.1, -0.05) is 12.8 Å². The molecule has 4 heteroatoms. The third-order valence-electron chi connectivity index (χ3n) is 4.05. The highest BCUT2D eigenvalue weighted by atomic mass is 16.2. The zero-order valence-corrected chi connectivity index (χ0v) is 11.0. The summed E-state index contributed by atoms with van der Waals surface area (Å²) in [6.07, 6.45) is 7.11. The van der Waals surface area contributed by atoms with Crippen LogP contribution in [0.2, 0.25) is 0 Å². The first kappa shape index (κ1) is 12.7. The predicted molar refractivity (Wildman–Crippen MR) is 69.1 cm³/mol. The van der Waals surface area contributed by atoms with Crippen LogP contribution in [0.3, 0.4) is 0 Å². The fourth-order valence-electron chi connectivity index (χ4n) is 2.82. The first-order valence-corrected chi connectivity index (χ1v) is 7.02. The molecular formula is C13H25N3O. The number of amides is 2. The van der Waals surface area contributed by atoms with Crippen molar-refractivity contribution in [3.63, 3.8) is 0 Å². The molecule has 2 fully saturated rings. The highest BCUT2D eigenvalue weighted by Gasteiger charge is 2.25. The molecule has 2 saturated heterocycles. The molecule has 4 nitrogen and oxygen atoms in total. The van der Waals surface area contributed by atoms with Gasteiger partial charge in [0.25, 0.3) is 0 Å². The normalized spacial score (nSPS) is 23.6. The molecule has 2 aliphatic heterocycles. The predicted octanol–water partition coefficient (Wildman–Crippen LogP) is 1.67. The summed E-state index contributed by atoms with van der Waals surface area (Å²) in [6.45, 7) is 3.76. The van der Waals surface area contributed by atoms with E-state index >= 15 is 0 Å². The minimum Gasteiger partial charge on any atom is -0.325 e. The minimum atomic E-state index is 0.279. The van der Waals surface area contributed by atoms with E-state index in [1.807, 2.05) is 11.9 Å². The van der Waals surface area contributed by atoms with Crippen molar-refractivity contribution in [2.75, 3.05) is 33.2 Å². The summed E-state index contributed by atoms with van der Waals surface area (Å²) in [5.74, 6) is 0. The quantitative estimate of drug-likeness (QED) is 0.755. The lowest BCUT2D eigenvalue weighted by molar-refractivity contribution is 0.139. The van der Waals surface area contributed by atoms with Crippen LogP contribution in [-0.2, 0) is 0 Å². The van der Waals surface area contributed by atoms with Crippen molar-refractivity contribution >= 4 is 6.03 Å². The van der Waals surface area contributed by atoms with E-state index in [1.54, 1.807) is 0 Å². The van der Waals surface area contributed by atoms with Crippen LogP contribution < -0.4 is 5.32 Å². The van der Waals surface area contributed by atoms with E-state index in [9.17, 15) is 4.79 Å². The van der Waals surface area contributed by atoms with E-state index in [0.29, 0.717) is 6.04 Å². The molecule has 0 bridgehead atoms. The van der Waals surface area contributed by atoms with Crippen molar-refractivity contribution in [1.82, 2.24) is 15.1 Å². The van der Waals surface area contributed by atoms with Gasteiger partial charge in [-0.3, -0.25) is 0 Å². The Morgan fingerprint density at radius 1 is 0.941 bits per heavy atom. The van der Waals surface area contributed by atoms with Crippen molar-refractivity contribution < 1.29 is 4.79 Å². The Bertz CT molecular complexity index is 241. The number of rotatable bonds is 1. The number of hydrogen-bond donors (Lipinski definition) is 1. The molecule has 2 rings (SSSR count). The van der Waals surface area contributed by atoms with E-state index in [0.717, 1.165) is 39.0 Å². The Morgan fingerprint density at radius 2 is 1.47 bits per heavy atom. The molecule has 0 aliphatic carbocycles. The molecule has 17 heavy (non-hydrogen) atoms. The number of carbonyl (C=O) groups excluding carboxylic acids is 1. The second-order valence-corrected chi connectivity index (χ2v) is 5.23. The summed E-state index contributed by atoms with van der Waals surface area (Å²) in [7, 11) is 2.01. The standard InChI is InChI=1S/C13H25N3O/c1-14-12-6-10-16(11-7-12)13(17)15-8-4-2-3-5-9-15/h12,14H,2-11H2,1H3. The maximum atomic E-state index is 12.3. The SMILES string of the molecule is CNC1CCN(C(=O)N2CCCCCC2)CC1. The zero-order chi connectivity index (χ0) is 12.1. The molecule has 2 heterocycles. The summed E-state index contributed by atoms with van der Waals surface area (Å²) in [5, 5.41) is 3.30. The van der Waals surface area contributed by atoms with Gasteiger partial charge in [0.2, 0.25) is 0 Å². The van der Waals surface area contributed by atoms with Crippen LogP contribution >= 0.6 is 0 Å². The molecule has 0 aromatic carbocycles. The van der Waals surface area contributed by atoms with Gasteiger partial charge in [-0.25, -0.2) is 4.79 Å². The summed E-state index contributed by atoms with van der Waals surface area (Å²) in [6, 6.07) is 0.879. The van der Waals surface area contributed by atoms with Crippen LogP contribution in [0.25, 0.3) is 0 Å². The van der Waals surface area contributed by atoms with E-state index in [1.165, 1.54) is 25.7 Å². The van der Waals surface area contributed by atoms with Crippen LogP contribution in [0.4, 0.5) is 4.79 Å². The van der Waals surface area contributed by atoms with Crippen molar-refractivity contribution in [3.05, 3.63) is 0 Å². The van der Waals surface area contributed by atoms with E-state index < -0.39 is 0 Å². The van der Waals surface area contributed by atoms with E-state index in [-0.39, 0.29) is 6.03 Å². The van der Waals surface area contributed by atoms with Gasteiger partial charge >= 0.3 is 6.03 Å². The Labute approximate surface area is 104 Å². The Kier molecular flexibility index (Phi) is 4.66. The zero-order valence-electron chi connectivity index (χ0n) is 11.0. The van der Waals surface area contributed by atoms with Crippen LogP contribution in [0.5, 0.6) is 0 Å². The summed E-state index contributed by atoms with van der Waals surface area (Å²) < 4.78 is 0. The fourth-order valence-corrected chi connectivity index (χ4v) is 2.82. The third-order valence-corrected chi connectivity index (χ3v) is 4.05. The lowest BCUT2D eigenvalue weighted by Crippen LogP contribution is -2.49. The molecule has 0 spiro atoms. The maximum absolute atomic E-state index is 12.3. The van der Waals surface area contributed by atoms with Gasteiger partial charge in [-0.05, 0) is 32.7 Å². The summed E-state index contributed by atoms with van der Waals surface area (Å²) >= 11 is 0. The number of carbonyl (C=O) groups is 1. The number of hydrogen-bond acceptors (Lipinski definition) is 2. The highest BCUT2D eigenvalue weighted by Crippen LogP contribution is 2.15. The van der Waals surface area contributed by atoms with Crippen LogP contribution in [0.15, 0.2) is 0 Å². The second-order valence-electron chi connectivity index (χ2n) is 5.23. The molecular weight excluding hydrogens is 214 g/mol. The number of piperidine rings is 1. The minimum absolute atomic E-state index is 0.279. The van der Waals surface area contributed by atoms with Gasteiger partial charge in [0, 0.05) is 32.2 Å². The smallest absolute Gasteiger partial charge is 0.319 e. The average Bonchev–Trinajstić information content (AvgIpc) is 2.67. The topological polar surface area (TPSA) is 35.6 Å². The number of nitrogens with zero attached hydrogens (tertiary/aromatic N) is 2. The third kappa shape index (κ3) is 3.35. The maximum Gasteiger partial charge on any atom is 0.319 e. The summed E-state index contributed by atoms with van der Waals surface area (Å²) in [5.41, 5.74) is 0. The first-order valence-electron chi connectivity index (χ1n) is 7.02. The molecule has 2 aliphatic rings. The fraction of sp³-hybridized carbons (Fsp3) is 0.923. The molecule has 1 N–H and O–H groups in total. The van der Waals surface area contributed by atoms with Crippen molar-refractivity contribution in [1.29, 1.82) is 0 Å². The first-order chi connectivity index (χ1) is 8.31. The second kappa shape index (κ2) is 6.24. The lowest BCUT2D eigenvalue weighted by Gasteiger charge is -2.35. The molecule has 0 radical (unpaired) electrons. The number of urea groups is 1. The average molecular weight is 239 g/mol. The molecule has 0 unspecified atom stereocenters. The van der Waals surface area contributed by atoms with Gasteiger partial charge in [0.1, 0.15) is 0 Å². The van der Waals surface area contributed by atoms with Gasteiger partial charge < -0.3 is 15.1 Å². The van der Waals surface area contributed by atoms with Gasteiger partial charge in [-0.15, -0.1) is 0 Å². The molecule has 2 amide bonds. The highest BCUT2D eigenvalue weighted by molar-refractivity contribution is 5.74. The molecule has 0 atom stereocenters. The van der Waals surface area contributed by atoms with Crippen LogP contribution in [-0.4, -0.2) is 55.1 Å². The Balaban J connectivity index is 1.82. The molecule has 98 valence electrons. The van der Waals surface area contributed by atoms with Crippen LogP contribution in [0, 0.1) is 0 Å². The van der Waals surface area contributed by atoms with Gasteiger partial charge in [0.15, 0.2) is 0 Å². The van der Waals surface area contributed by atoms with Crippen molar-refractivity contribution in [3.8, 4) is 0 Å². The van der Waals surface area contributed by atoms with E-state index in [4.69, 9.17) is 0 Å². The number of nitrogens with one attached hydrogen (secondary N) is 1. The Hall–Kier alpha value is -0.770. The molecule has 0 aromatic rings. The monoisotopic (exact) mass is 239 g/mol. The Morgan fingerprint density at radius 3 is 2.00 bits per heavy atom. The van der Waals surface area contributed by atoms with E-state index in [2.05, 4.69) is 10.2 Å². The lowest BCUT2D eigenvalue weighted by atomic mass is 10.1. The van der Waals surface area contributed by atoms with Gasteiger partial charge in [-0.2, -0.15) is 0 Å². The van der Waals surface area contributed by atoms with Crippen molar-refractivity contribution in [2.24, 2.45) is 0 Å². The molecule has 0 saturated carbocycles. The molecule has 0 aromatic heterocycles. The van der Waals surface area contributed by atoms with Crippen molar-refractivity contribution in [2.45, 2.75) is 44.6 Å².